The SMILES string of the molecule is CCCNC(=O)c1cocc1C(=O)NCCc1ccc(OC)c(OC)c1. The third-order valence-corrected chi connectivity index (χ3v) is 3.83. The zero-order valence-corrected chi connectivity index (χ0v) is 15.3. The Bertz CT molecular complexity index is 754. The Labute approximate surface area is 152 Å². The van der Waals surface area contributed by atoms with Gasteiger partial charge in [-0.2, -0.15) is 0 Å². The Morgan fingerprint density at radius 2 is 1.58 bits per heavy atom. The molecule has 0 atom stereocenters. The Kier molecular flexibility index (Phi) is 7.08. The van der Waals surface area contributed by atoms with E-state index in [0.717, 1.165) is 12.0 Å². The van der Waals surface area contributed by atoms with Crippen molar-refractivity contribution in [2.45, 2.75) is 19.8 Å². The lowest BCUT2D eigenvalue weighted by atomic mass is 10.1. The van der Waals surface area contributed by atoms with E-state index in [-0.39, 0.29) is 22.9 Å². The highest BCUT2D eigenvalue weighted by Gasteiger charge is 2.19. The highest BCUT2D eigenvalue weighted by Crippen LogP contribution is 2.27. The van der Waals surface area contributed by atoms with Crippen LogP contribution in [0.4, 0.5) is 0 Å². The molecule has 26 heavy (non-hydrogen) atoms. The average Bonchev–Trinajstić information content (AvgIpc) is 3.15. The molecule has 2 aromatic rings. The van der Waals surface area contributed by atoms with Crippen LogP contribution >= 0.6 is 0 Å². The molecule has 1 aromatic carbocycles. The van der Waals surface area contributed by atoms with Crippen molar-refractivity contribution in [3.05, 3.63) is 47.4 Å². The molecule has 2 N–H and O–H groups in total. The molecule has 0 saturated heterocycles. The summed E-state index contributed by atoms with van der Waals surface area (Å²) in [7, 11) is 3.16. The lowest BCUT2D eigenvalue weighted by Crippen LogP contribution is -2.29. The Morgan fingerprint density at radius 1 is 0.962 bits per heavy atom. The van der Waals surface area contributed by atoms with Crippen LogP contribution in [0.5, 0.6) is 11.5 Å². The molecular weight excluding hydrogens is 336 g/mol. The summed E-state index contributed by atoms with van der Waals surface area (Å²) >= 11 is 0. The minimum absolute atomic E-state index is 0.228. The van der Waals surface area contributed by atoms with Crippen LogP contribution < -0.4 is 20.1 Å². The molecule has 7 nitrogen and oxygen atoms in total. The van der Waals surface area contributed by atoms with Gasteiger partial charge < -0.3 is 24.5 Å². The number of nitrogens with one attached hydrogen (secondary N) is 2. The standard InChI is InChI=1S/C19H24N2O5/c1-4-8-20-18(22)14-11-26-12-15(14)19(23)21-9-7-13-5-6-16(24-2)17(10-13)25-3/h5-6,10-12H,4,7-9H2,1-3H3,(H,20,22)(H,21,23). The zero-order chi connectivity index (χ0) is 18.9. The molecule has 1 heterocycles. The monoisotopic (exact) mass is 360 g/mol. The summed E-state index contributed by atoms with van der Waals surface area (Å²) in [5.41, 5.74) is 1.46. The number of hydrogen-bond acceptors (Lipinski definition) is 5. The van der Waals surface area contributed by atoms with Crippen molar-refractivity contribution < 1.29 is 23.5 Å². The van der Waals surface area contributed by atoms with E-state index in [1.807, 2.05) is 25.1 Å². The molecule has 0 bridgehead atoms. The zero-order valence-electron chi connectivity index (χ0n) is 15.3. The van der Waals surface area contributed by atoms with Crippen LogP contribution in [-0.4, -0.2) is 39.1 Å². The van der Waals surface area contributed by atoms with E-state index in [1.54, 1.807) is 14.2 Å². The number of rotatable bonds is 9. The maximum absolute atomic E-state index is 12.3. The van der Waals surface area contributed by atoms with Gasteiger partial charge in [0.05, 0.1) is 25.3 Å². The second-order valence-electron chi connectivity index (χ2n) is 5.65. The molecule has 0 spiro atoms. The fourth-order valence-electron chi connectivity index (χ4n) is 2.43. The smallest absolute Gasteiger partial charge is 0.255 e. The number of carbonyl (C=O) groups excluding carboxylic acids is 2. The van der Waals surface area contributed by atoms with E-state index < -0.39 is 0 Å². The van der Waals surface area contributed by atoms with Crippen LogP contribution in [0.2, 0.25) is 0 Å². The van der Waals surface area contributed by atoms with Gasteiger partial charge in [0.2, 0.25) is 0 Å². The number of furan rings is 1. The van der Waals surface area contributed by atoms with Crippen molar-refractivity contribution in [3.8, 4) is 11.5 Å². The maximum atomic E-state index is 12.3. The summed E-state index contributed by atoms with van der Waals surface area (Å²) in [6.07, 6.45) is 4.00. The molecular formula is C19H24N2O5. The molecule has 0 aliphatic rings. The van der Waals surface area contributed by atoms with Crippen LogP contribution in [0, 0.1) is 0 Å². The van der Waals surface area contributed by atoms with Crippen molar-refractivity contribution in [1.29, 1.82) is 0 Å². The number of benzene rings is 1. The lowest BCUT2D eigenvalue weighted by molar-refractivity contribution is 0.0920. The third kappa shape index (κ3) is 4.78. The first kappa shape index (κ1) is 19.4. The fraction of sp³-hybridized carbons (Fsp3) is 0.368. The molecule has 0 aliphatic carbocycles. The van der Waals surface area contributed by atoms with E-state index in [1.165, 1.54) is 12.5 Å². The molecule has 0 unspecified atom stereocenters. The van der Waals surface area contributed by atoms with Crippen molar-refractivity contribution in [2.75, 3.05) is 27.3 Å². The summed E-state index contributed by atoms with van der Waals surface area (Å²) in [6, 6.07) is 5.60. The number of ether oxygens (including phenoxy) is 2. The van der Waals surface area contributed by atoms with Crippen molar-refractivity contribution in [1.82, 2.24) is 10.6 Å². The summed E-state index contributed by atoms with van der Waals surface area (Å²) in [5.74, 6) is 0.633. The van der Waals surface area contributed by atoms with Gasteiger partial charge in [-0.25, -0.2) is 0 Å². The Hall–Kier alpha value is -2.96. The van der Waals surface area contributed by atoms with E-state index in [0.29, 0.717) is 31.0 Å². The predicted molar refractivity (Wildman–Crippen MR) is 96.9 cm³/mol. The van der Waals surface area contributed by atoms with Gasteiger partial charge in [0.15, 0.2) is 11.5 Å². The normalized spacial score (nSPS) is 10.3. The predicted octanol–water partition coefficient (Wildman–Crippen LogP) is 2.41. The van der Waals surface area contributed by atoms with Gasteiger partial charge in [0, 0.05) is 13.1 Å². The third-order valence-electron chi connectivity index (χ3n) is 3.83. The van der Waals surface area contributed by atoms with E-state index in [4.69, 9.17) is 13.9 Å². The second-order valence-corrected chi connectivity index (χ2v) is 5.65. The maximum Gasteiger partial charge on any atom is 0.255 e. The highest BCUT2D eigenvalue weighted by molar-refractivity contribution is 6.06. The first-order valence-corrected chi connectivity index (χ1v) is 8.44. The molecule has 0 fully saturated rings. The van der Waals surface area contributed by atoms with Crippen LogP contribution in [-0.2, 0) is 6.42 Å². The molecule has 0 saturated carbocycles. The highest BCUT2D eigenvalue weighted by atomic mass is 16.5. The van der Waals surface area contributed by atoms with Gasteiger partial charge >= 0.3 is 0 Å². The molecule has 2 amide bonds. The quantitative estimate of drug-likeness (QED) is 0.717. The molecule has 1 aromatic heterocycles. The first-order valence-electron chi connectivity index (χ1n) is 8.44. The molecule has 0 radical (unpaired) electrons. The van der Waals surface area contributed by atoms with Crippen LogP contribution in [0.3, 0.4) is 0 Å². The van der Waals surface area contributed by atoms with Crippen molar-refractivity contribution in [2.24, 2.45) is 0 Å². The van der Waals surface area contributed by atoms with E-state index >= 15 is 0 Å². The van der Waals surface area contributed by atoms with Crippen LogP contribution in [0.1, 0.15) is 39.6 Å². The number of amides is 2. The van der Waals surface area contributed by atoms with Crippen LogP contribution in [0.15, 0.2) is 35.1 Å². The first-order chi connectivity index (χ1) is 12.6. The molecule has 2 rings (SSSR count). The largest absolute Gasteiger partial charge is 0.493 e. The van der Waals surface area contributed by atoms with Gasteiger partial charge in [-0.05, 0) is 30.5 Å². The summed E-state index contributed by atoms with van der Waals surface area (Å²) in [6.45, 7) is 2.91. The van der Waals surface area contributed by atoms with Gasteiger partial charge in [0.1, 0.15) is 12.5 Å². The van der Waals surface area contributed by atoms with Crippen molar-refractivity contribution in [3.63, 3.8) is 0 Å². The summed E-state index contributed by atoms with van der Waals surface area (Å²) in [4.78, 5) is 24.4. The number of hydrogen-bond donors (Lipinski definition) is 2. The Balaban J connectivity index is 1.94. The summed E-state index contributed by atoms with van der Waals surface area (Å²) < 4.78 is 15.5. The molecule has 140 valence electrons. The van der Waals surface area contributed by atoms with Gasteiger partial charge in [0.25, 0.3) is 11.8 Å². The number of methoxy groups -OCH3 is 2. The minimum atomic E-state index is -0.346. The fourth-order valence-corrected chi connectivity index (χ4v) is 2.43. The van der Waals surface area contributed by atoms with E-state index in [9.17, 15) is 9.59 Å². The van der Waals surface area contributed by atoms with Gasteiger partial charge in [-0.3, -0.25) is 9.59 Å². The Morgan fingerprint density at radius 3 is 2.15 bits per heavy atom. The van der Waals surface area contributed by atoms with E-state index in [2.05, 4.69) is 10.6 Å². The minimum Gasteiger partial charge on any atom is -0.493 e. The van der Waals surface area contributed by atoms with Gasteiger partial charge in [-0.1, -0.05) is 13.0 Å². The van der Waals surface area contributed by atoms with Crippen molar-refractivity contribution >= 4 is 11.8 Å². The number of carbonyl (C=O) groups is 2. The summed E-state index contributed by atoms with van der Waals surface area (Å²) in [5, 5.41) is 5.53. The topological polar surface area (TPSA) is 89.8 Å². The van der Waals surface area contributed by atoms with Gasteiger partial charge in [-0.15, -0.1) is 0 Å². The molecule has 0 aliphatic heterocycles. The second kappa shape index (κ2) is 9.50. The average molecular weight is 360 g/mol. The van der Waals surface area contributed by atoms with Crippen LogP contribution in [0.25, 0.3) is 0 Å². The molecule has 7 heteroatoms. The lowest BCUT2D eigenvalue weighted by Gasteiger charge is -2.10.